The van der Waals surface area contributed by atoms with Gasteiger partial charge in [-0.05, 0) is 6.42 Å². The zero-order valence-electron chi connectivity index (χ0n) is 7.06. The standard InChI is InChI=1S/C7H11N3O2/c1-3-5(7(11)12)6-4-10(2)9-8-6/h4-5H,3H2,1-2H3,(H,11,12). The SMILES string of the molecule is CCC(C(=O)O)c1cn(C)nn1. The van der Waals surface area contributed by atoms with E-state index in [1.807, 2.05) is 6.92 Å². The third-order valence-corrected chi connectivity index (χ3v) is 1.68. The fraction of sp³-hybridized carbons (Fsp3) is 0.571. The summed E-state index contributed by atoms with van der Waals surface area (Å²) in [7, 11) is 1.71. The predicted octanol–water partition coefficient (Wildman–Crippen LogP) is 0.393. The van der Waals surface area contributed by atoms with Crippen molar-refractivity contribution in [1.29, 1.82) is 0 Å². The normalized spacial score (nSPS) is 12.8. The van der Waals surface area contributed by atoms with Crippen molar-refractivity contribution in [3.05, 3.63) is 11.9 Å². The summed E-state index contributed by atoms with van der Waals surface area (Å²) in [5, 5.41) is 16.2. The molecule has 1 unspecified atom stereocenters. The molecule has 1 aromatic rings. The first-order valence-electron chi connectivity index (χ1n) is 3.74. The summed E-state index contributed by atoms with van der Waals surface area (Å²) in [6.45, 7) is 1.81. The van der Waals surface area contributed by atoms with Crippen LogP contribution in [0.4, 0.5) is 0 Å². The fourth-order valence-electron chi connectivity index (χ4n) is 1.04. The van der Waals surface area contributed by atoms with Gasteiger partial charge in [0.05, 0.1) is 5.69 Å². The highest BCUT2D eigenvalue weighted by molar-refractivity contribution is 5.75. The van der Waals surface area contributed by atoms with E-state index in [0.29, 0.717) is 12.1 Å². The van der Waals surface area contributed by atoms with Gasteiger partial charge in [-0.25, -0.2) is 0 Å². The molecule has 66 valence electrons. The number of aryl methyl sites for hydroxylation is 1. The highest BCUT2D eigenvalue weighted by Crippen LogP contribution is 2.15. The molecule has 5 nitrogen and oxygen atoms in total. The zero-order chi connectivity index (χ0) is 9.14. The fourth-order valence-corrected chi connectivity index (χ4v) is 1.04. The second-order valence-corrected chi connectivity index (χ2v) is 2.62. The summed E-state index contributed by atoms with van der Waals surface area (Å²) in [6, 6.07) is 0. The molecule has 1 N–H and O–H groups in total. The number of nitrogens with zero attached hydrogens (tertiary/aromatic N) is 3. The minimum absolute atomic E-state index is 0.521. The lowest BCUT2D eigenvalue weighted by molar-refractivity contribution is -0.138. The molecule has 0 fully saturated rings. The van der Waals surface area contributed by atoms with Crippen molar-refractivity contribution in [2.45, 2.75) is 19.3 Å². The Labute approximate surface area is 70.0 Å². The van der Waals surface area contributed by atoms with Crippen molar-refractivity contribution >= 4 is 5.97 Å². The Morgan fingerprint density at radius 2 is 2.50 bits per heavy atom. The maximum Gasteiger partial charge on any atom is 0.312 e. The molecule has 0 aliphatic carbocycles. The molecule has 0 aliphatic rings. The van der Waals surface area contributed by atoms with E-state index >= 15 is 0 Å². The number of hydrogen-bond donors (Lipinski definition) is 1. The first kappa shape index (κ1) is 8.70. The number of rotatable bonds is 3. The summed E-state index contributed by atoms with van der Waals surface area (Å²) >= 11 is 0. The third kappa shape index (κ3) is 1.61. The van der Waals surface area contributed by atoms with Crippen LogP contribution >= 0.6 is 0 Å². The van der Waals surface area contributed by atoms with Gasteiger partial charge in [0.2, 0.25) is 0 Å². The van der Waals surface area contributed by atoms with E-state index in [4.69, 9.17) is 5.11 Å². The molecule has 1 atom stereocenters. The highest BCUT2D eigenvalue weighted by Gasteiger charge is 2.20. The van der Waals surface area contributed by atoms with Crippen LogP contribution in [0.3, 0.4) is 0 Å². The number of carboxylic acids is 1. The second-order valence-electron chi connectivity index (χ2n) is 2.62. The van der Waals surface area contributed by atoms with Crippen LogP contribution in [0.1, 0.15) is 25.0 Å². The smallest absolute Gasteiger partial charge is 0.312 e. The molecule has 1 heterocycles. The molecule has 0 aromatic carbocycles. The second kappa shape index (κ2) is 3.34. The molecule has 0 bridgehead atoms. The van der Waals surface area contributed by atoms with Gasteiger partial charge in [0, 0.05) is 13.2 Å². The summed E-state index contributed by atoms with van der Waals surface area (Å²) in [6.07, 6.45) is 2.16. The number of carboxylic acid groups (broad SMARTS) is 1. The minimum Gasteiger partial charge on any atom is -0.481 e. The predicted molar refractivity (Wildman–Crippen MR) is 41.7 cm³/mol. The van der Waals surface area contributed by atoms with Crippen LogP contribution < -0.4 is 0 Å². The Hall–Kier alpha value is -1.39. The van der Waals surface area contributed by atoms with E-state index < -0.39 is 11.9 Å². The van der Waals surface area contributed by atoms with Gasteiger partial charge >= 0.3 is 5.97 Å². The molecule has 0 radical (unpaired) electrons. The molecule has 12 heavy (non-hydrogen) atoms. The van der Waals surface area contributed by atoms with E-state index in [1.54, 1.807) is 13.2 Å². The van der Waals surface area contributed by atoms with Gasteiger partial charge in [-0.1, -0.05) is 12.1 Å². The summed E-state index contributed by atoms with van der Waals surface area (Å²) < 4.78 is 1.50. The Balaban J connectivity index is 2.87. The quantitative estimate of drug-likeness (QED) is 0.710. The zero-order valence-corrected chi connectivity index (χ0v) is 7.06. The molecule has 0 aliphatic heterocycles. The Kier molecular flexibility index (Phi) is 2.42. The highest BCUT2D eigenvalue weighted by atomic mass is 16.4. The molecule has 0 saturated carbocycles. The van der Waals surface area contributed by atoms with Crippen LogP contribution in [0.15, 0.2) is 6.20 Å². The topological polar surface area (TPSA) is 68.0 Å². The molecule has 0 spiro atoms. The first-order chi connectivity index (χ1) is 5.65. The molecule has 0 amide bonds. The van der Waals surface area contributed by atoms with Gasteiger partial charge in [-0.3, -0.25) is 9.48 Å². The Morgan fingerprint density at radius 1 is 1.83 bits per heavy atom. The van der Waals surface area contributed by atoms with Crippen molar-refractivity contribution in [1.82, 2.24) is 15.0 Å². The van der Waals surface area contributed by atoms with Crippen molar-refractivity contribution < 1.29 is 9.90 Å². The van der Waals surface area contributed by atoms with Crippen molar-refractivity contribution in [2.75, 3.05) is 0 Å². The number of aliphatic carboxylic acids is 1. The lowest BCUT2D eigenvalue weighted by Crippen LogP contribution is -2.10. The van der Waals surface area contributed by atoms with Gasteiger partial charge in [-0.15, -0.1) is 5.10 Å². The van der Waals surface area contributed by atoms with Gasteiger partial charge in [0.25, 0.3) is 0 Å². The molecule has 1 rings (SSSR count). The molecular weight excluding hydrogens is 158 g/mol. The van der Waals surface area contributed by atoms with Crippen molar-refractivity contribution in [2.24, 2.45) is 7.05 Å². The summed E-state index contributed by atoms with van der Waals surface area (Å²) in [5.74, 6) is -1.38. The monoisotopic (exact) mass is 169 g/mol. The largest absolute Gasteiger partial charge is 0.481 e. The van der Waals surface area contributed by atoms with Crippen molar-refractivity contribution in [3.8, 4) is 0 Å². The van der Waals surface area contributed by atoms with E-state index in [9.17, 15) is 4.79 Å². The van der Waals surface area contributed by atoms with Gasteiger partial charge in [0.1, 0.15) is 5.92 Å². The molecular formula is C7H11N3O2. The van der Waals surface area contributed by atoms with E-state index in [2.05, 4.69) is 10.3 Å². The average Bonchev–Trinajstić information content (AvgIpc) is 2.37. The van der Waals surface area contributed by atoms with Crippen LogP contribution in [-0.2, 0) is 11.8 Å². The molecule has 0 saturated heterocycles. The van der Waals surface area contributed by atoms with E-state index in [1.165, 1.54) is 4.68 Å². The average molecular weight is 169 g/mol. The van der Waals surface area contributed by atoms with Crippen LogP contribution in [-0.4, -0.2) is 26.1 Å². The minimum atomic E-state index is -0.849. The summed E-state index contributed by atoms with van der Waals surface area (Å²) in [4.78, 5) is 10.7. The van der Waals surface area contributed by atoms with Crippen LogP contribution in [0.2, 0.25) is 0 Å². The van der Waals surface area contributed by atoms with E-state index in [-0.39, 0.29) is 0 Å². The lowest BCUT2D eigenvalue weighted by atomic mass is 10.0. The number of aromatic nitrogens is 3. The van der Waals surface area contributed by atoms with Gasteiger partial charge in [0.15, 0.2) is 0 Å². The van der Waals surface area contributed by atoms with Gasteiger partial charge in [-0.2, -0.15) is 0 Å². The first-order valence-corrected chi connectivity index (χ1v) is 3.74. The molecule has 5 heteroatoms. The molecule has 1 aromatic heterocycles. The summed E-state index contributed by atoms with van der Waals surface area (Å²) in [5.41, 5.74) is 0.521. The Morgan fingerprint density at radius 3 is 2.83 bits per heavy atom. The van der Waals surface area contributed by atoms with Crippen LogP contribution in [0, 0.1) is 0 Å². The maximum atomic E-state index is 10.7. The third-order valence-electron chi connectivity index (χ3n) is 1.68. The number of hydrogen-bond acceptors (Lipinski definition) is 3. The maximum absolute atomic E-state index is 10.7. The number of carbonyl (C=O) groups is 1. The van der Waals surface area contributed by atoms with E-state index in [0.717, 1.165) is 0 Å². The lowest BCUT2D eigenvalue weighted by Gasteiger charge is -2.03. The van der Waals surface area contributed by atoms with Gasteiger partial charge < -0.3 is 5.11 Å². The van der Waals surface area contributed by atoms with Crippen molar-refractivity contribution in [3.63, 3.8) is 0 Å². The Bertz CT molecular complexity index is 282. The van der Waals surface area contributed by atoms with Crippen LogP contribution in [0.25, 0.3) is 0 Å². The van der Waals surface area contributed by atoms with Crippen LogP contribution in [0.5, 0.6) is 0 Å².